The van der Waals surface area contributed by atoms with Gasteiger partial charge in [-0.1, -0.05) is 29.8 Å². The van der Waals surface area contributed by atoms with E-state index in [4.69, 9.17) is 4.74 Å². The molecule has 2 aromatic heterocycles. The number of aromatic amines is 1. The molecule has 0 spiro atoms. The summed E-state index contributed by atoms with van der Waals surface area (Å²) in [5, 5.41) is 14.7. The van der Waals surface area contributed by atoms with Crippen LogP contribution in [0.1, 0.15) is 23.6 Å². The largest absolute Gasteiger partial charge is 0.389 e. The topological polar surface area (TPSA) is 96.3 Å². The Kier molecular flexibility index (Phi) is 5.36. The zero-order valence-corrected chi connectivity index (χ0v) is 18.5. The number of aliphatic hydroxyl groups is 1. The molecule has 3 heterocycles. The minimum absolute atomic E-state index is 0.222. The predicted molar refractivity (Wildman–Crippen MR) is 127 cm³/mol. The molecule has 2 amide bonds. The first-order chi connectivity index (χ1) is 16.0. The molecular weight excluding hydrogens is 418 g/mol. The van der Waals surface area contributed by atoms with Crippen LogP contribution in [-0.4, -0.2) is 45.8 Å². The maximum absolute atomic E-state index is 13.0. The molecule has 1 unspecified atom stereocenters. The molecule has 0 bridgehead atoms. The molecule has 0 saturated carbocycles. The molecule has 4 aromatic rings. The van der Waals surface area contributed by atoms with Crippen molar-refractivity contribution in [2.45, 2.75) is 26.5 Å². The number of aliphatic hydroxyl groups excluding tert-OH is 1. The third-order valence-electron chi connectivity index (χ3n) is 6.02. The molecule has 5 rings (SSSR count). The average Bonchev–Trinajstić information content (AvgIpc) is 3.45. The summed E-state index contributed by atoms with van der Waals surface area (Å²) in [6.45, 7) is 4.92. The number of amides is 2. The van der Waals surface area contributed by atoms with Crippen LogP contribution in [0.2, 0.25) is 0 Å². The molecule has 7 heteroatoms. The normalized spacial score (nSPS) is 15.1. The van der Waals surface area contributed by atoms with Gasteiger partial charge >= 0.3 is 0 Å². The molecule has 168 valence electrons. The molecule has 7 nitrogen and oxygen atoms in total. The van der Waals surface area contributed by atoms with Crippen molar-refractivity contribution in [3.8, 4) is 0 Å². The molecule has 0 fully saturated rings. The average molecular weight is 444 g/mol. The summed E-state index contributed by atoms with van der Waals surface area (Å²) in [7, 11) is 0. The maximum Gasteiger partial charge on any atom is 0.259 e. The summed E-state index contributed by atoms with van der Waals surface area (Å²) in [4.78, 5) is 29.2. The van der Waals surface area contributed by atoms with Crippen LogP contribution in [0.25, 0.3) is 33.0 Å². The Balaban J connectivity index is 1.72. The molecule has 33 heavy (non-hydrogen) atoms. The summed E-state index contributed by atoms with van der Waals surface area (Å²) >= 11 is 0. The van der Waals surface area contributed by atoms with Gasteiger partial charge in [0.25, 0.3) is 11.8 Å². The number of para-hydroxylation sites is 1. The molecule has 3 N–H and O–H groups in total. The summed E-state index contributed by atoms with van der Waals surface area (Å²) in [6, 6.07) is 13.7. The van der Waals surface area contributed by atoms with Gasteiger partial charge in [0.2, 0.25) is 0 Å². The predicted octanol–water partition coefficient (Wildman–Crippen LogP) is 3.40. The smallest absolute Gasteiger partial charge is 0.259 e. The van der Waals surface area contributed by atoms with Gasteiger partial charge in [0.15, 0.2) is 0 Å². The van der Waals surface area contributed by atoms with E-state index in [1.54, 1.807) is 6.20 Å². The van der Waals surface area contributed by atoms with Crippen molar-refractivity contribution in [3.05, 3.63) is 71.5 Å². The van der Waals surface area contributed by atoms with Crippen LogP contribution in [0.15, 0.2) is 54.9 Å². The van der Waals surface area contributed by atoms with E-state index in [0.717, 1.165) is 27.4 Å². The number of benzene rings is 2. The Morgan fingerprint density at radius 2 is 1.79 bits per heavy atom. The number of fused-ring (bicyclic) bond motifs is 2. The molecule has 1 aliphatic rings. The van der Waals surface area contributed by atoms with Gasteiger partial charge < -0.3 is 19.4 Å². The summed E-state index contributed by atoms with van der Waals surface area (Å²) in [5.74, 6) is -0.833. The third kappa shape index (κ3) is 3.65. The van der Waals surface area contributed by atoms with Gasteiger partial charge in [0, 0.05) is 51.9 Å². The van der Waals surface area contributed by atoms with E-state index in [-0.39, 0.29) is 6.61 Å². The third-order valence-corrected chi connectivity index (χ3v) is 6.02. The van der Waals surface area contributed by atoms with Crippen LogP contribution in [-0.2, 0) is 20.9 Å². The summed E-state index contributed by atoms with van der Waals surface area (Å²) < 4.78 is 7.28. The number of rotatable bonds is 7. The fraction of sp³-hybridized carbons (Fsp3) is 0.231. The lowest BCUT2D eigenvalue weighted by molar-refractivity contribution is -0.122. The SMILES string of the molecule is CCOCC(O)Cn1cc(C2=C(c3c[nH]c4ccccc34)C(=O)NC2=O)c2cc(C)ccc21. The lowest BCUT2D eigenvalue weighted by Crippen LogP contribution is -2.22. The minimum Gasteiger partial charge on any atom is -0.389 e. The Bertz CT molecular complexity index is 1430. The zero-order chi connectivity index (χ0) is 23.1. The molecule has 0 aliphatic carbocycles. The van der Waals surface area contributed by atoms with Gasteiger partial charge in [-0.15, -0.1) is 0 Å². The Hall–Kier alpha value is -3.68. The van der Waals surface area contributed by atoms with Gasteiger partial charge in [-0.05, 0) is 32.0 Å². The van der Waals surface area contributed by atoms with Gasteiger partial charge in [0.05, 0.1) is 30.4 Å². The lowest BCUT2D eigenvalue weighted by Gasteiger charge is -2.12. The first kappa shape index (κ1) is 21.2. The monoisotopic (exact) mass is 443 g/mol. The summed E-state index contributed by atoms with van der Waals surface area (Å²) in [5.41, 5.74) is 4.87. The Labute approximate surface area is 190 Å². The van der Waals surface area contributed by atoms with E-state index >= 15 is 0 Å². The quantitative estimate of drug-likeness (QED) is 0.382. The Morgan fingerprint density at radius 3 is 2.58 bits per heavy atom. The number of nitrogens with one attached hydrogen (secondary N) is 2. The van der Waals surface area contributed by atoms with E-state index in [1.165, 1.54) is 0 Å². The molecule has 2 aromatic carbocycles. The minimum atomic E-state index is -0.698. The second kappa shape index (κ2) is 8.35. The van der Waals surface area contributed by atoms with Crippen LogP contribution in [0.5, 0.6) is 0 Å². The zero-order valence-electron chi connectivity index (χ0n) is 18.5. The number of aromatic nitrogens is 2. The number of carbonyl (C=O) groups is 2. The van der Waals surface area contributed by atoms with Crippen LogP contribution in [0.4, 0.5) is 0 Å². The molecule has 0 saturated heterocycles. The molecule has 0 radical (unpaired) electrons. The maximum atomic E-state index is 13.0. The highest BCUT2D eigenvalue weighted by atomic mass is 16.5. The number of carbonyl (C=O) groups excluding carboxylic acids is 2. The highest BCUT2D eigenvalue weighted by Gasteiger charge is 2.35. The van der Waals surface area contributed by atoms with E-state index in [2.05, 4.69) is 10.3 Å². The number of H-pyrrole nitrogens is 1. The van der Waals surface area contributed by atoms with Crippen molar-refractivity contribution in [2.24, 2.45) is 0 Å². The van der Waals surface area contributed by atoms with Crippen molar-refractivity contribution in [2.75, 3.05) is 13.2 Å². The van der Waals surface area contributed by atoms with Gasteiger partial charge in [-0.2, -0.15) is 0 Å². The summed E-state index contributed by atoms with van der Waals surface area (Å²) in [6.07, 6.45) is 2.92. The second-order valence-electron chi connectivity index (χ2n) is 8.31. The number of imide groups is 1. The standard InChI is InChI=1S/C26H25N3O4/c1-3-33-14-16(30)12-29-13-20(18-10-15(2)8-9-22(18)29)24-23(25(31)28-26(24)32)19-11-27-21-7-5-4-6-17(19)21/h4-11,13,16,27,30H,3,12,14H2,1-2H3,(H,28,31,32). The van der Waals surface area contributed by atoms with Gasteiger partial charge in [0.1, 0.15) is 0 Å². The van der Waals surface area contributed by atoms with Gasteiger partial charge in [-0.3, -0.25) is 14.9 Å². The highest BCUT2D eigenvalue weighted by molar-refractivity contribution is 6.50. The van der Waals surface area contributed by atoms with E-state index in [1.807, 2.05) is 67.1 Å². The van der Waals surface area contributed by atoms with Crippen LogP contribution >= 0.6 is 0 Å². The van der Waals surface area contributed by atoms with Crippen LogP contribution < -0.4 is 5.32 Å². The molecule has 1 aliphatic heterocycles. The van der Waals surface area contributed by atoms with Crippen LogP contribution in [0.3, 0.4) is 0 Å². The van der Waals surface area contributed by atoms with Crippen molar-refractivity contribution in [3.63, 3.8) is 0 Å². The van der Waals surface area contributed by atoms with E-state index in [0.29, 0.717) is 35.4 Å². The number of hydrogen-bond acceptors (Lipinski definition) is 4. The second-order valence-corrected chi connectivity index (χ2v) is 8.31. The molecular formula is C26H25N3O4. The fourth-order valence-electron chi connectivity index (χ4n) is 4.54. The first-order valence-corrected chi connectivity index (χ1v) is 11.0. The lowest BCUT2D eigenvalue weighted by atomic mass is 9.95. The first-order valence-electron chi connectivity index (χ1n) is 11.0. The van der Waals surface area contributed by atoms with Crippen molar-refractivity contribution < 1.29 is 19.4 Å². The number of aryl methyl sites for hydroxylation is 1. The molecule has 1 atom stereocenters. The van der Waals surface area contributed by atoms with Crippen LogP contribution in [0, 0.1) is 6.92 Å². The Morgan fingerprint density at radius 1 is 1.03 bits per heavy atom. The van der Waals surface area contributed by atoms with E-state index in [9.17, 15) is 14.7 Å². The van der Waals surface area contributed by atoms with E-state index < -0.39 is 17.9 Å². The number of ether oxygens (including phenoxy) is 1. The van der Waals surface area contributed by atoms with Crippen molar-refractivity contribution in [1.29, 1.82) is 0 Å². The van der Waals surface area contributed by atoms with Crippen molar-refractivity contribution >= 4 is 44.8 Å². The number of nitrogens with zero attached hydrogens (tertiary/aromatic N) is 1. The number of hydrogen-bond donors (Lipinski definition) is 3. The fourth-order valence-corrected chi connectivity index (χ4v) is 4.54. The van der Waals surface area contributed by atoms with Gasteiger partial charge in [-0.25, -0.2) is 0 Å². The van der Waals surface area contributed by atoms with Crippen molar-refractivity contribution in [1.82, 2.24) is 14.9 Å². The highest BCUT2D eigenvalue weighted by Crippen LogP contribution is 2.38.